The van der Waals surface area contributed by atoms with Gasteiger partial charge in [0.2, 0.25) is 5.91 Å². The molecule has 7 heteroatoms. The Kier molecular flexibility index (Phi) is 8.09. The van der Waals surface area contributed by atoms with Crippen molar-refractivity contribution in [3.8, 4) is 0 Å². The van der Waals surface area contributed by atoms with Crippen LogP contribution in [-0.4, -0.2) is 30.2 Å². The average molecular weight is 427 g/mol. The number of nitrogens with one attached hydrogen (secondary N) is 2. The highest BCUT2D eigenvalue weighted by Gasteiger charge is 2.22. The maximum atomic E-state index is 12.9. The molecule has 0 saturated heterocycles. The third-order valence-electron chi connectivity index (χ3n) is 4.35. The Hall–Kier alpha value is -3.06. The van der Waals surface area contributed by atoms with Crippen LogP contribution >= 0.6 is 11.8 Å². The normalized spacial score (nSPS) is 11.6. The van der Waals surface area contributed by atoms with Gasteiger partial charge >= 0.3 is 0 Å². The van der Waals surface area contributed by atoms with Gasteiger partial charge in [-0.3, -0.25) is 9.59 Å². The SMILES string of the molecule is O=C(NC(Cc1ccccc1)C(=O)NCCCSc1ccc(F)cc1)c1ccco1. The monoisotopic (exact) mass is 426 g/mol. The number of hydrogen-bond donors (Lipinski definition) is 2. The van der Waals surface area contributed by atoms with E-state index in [4.69, 9.17) is 4.42 Å². The molecule has 1 atom stereocenters. The molecular formula is C23H23FN2O3S. The Morgan fingerprint density at radius 3 is 2.47 bits per heavy atom. The first-order chi connectivity index (χ1) is 14.6. The smallest absolute Gasteiger partial charge is 0.287 e. The van der Waals surface area contributed by atoms with Gasteiger partial charge in [0.15, 0.2) is 5.76 Å². The van der Waals surface area contributed by atoms with E-state index in [0.717, 1.165) is 22.6 Å². The first kappa shape index (κ1) is 21.6. The van der Waals surface area contributed by atoms with E-state index in [1.54, 1.807) is 36.0 Å². The fourth-order valence-corrected chi connectivity index (χ4v) is 3.68. The third-order valence-corrected chi connectivity index (χ3v) is 5.45. The number of hydrogen-bond acceptors (Lipinski definition) is 4. The highest BCUT2D eigenvalue weighted by atomic mass is 32.2. The molecule has 0 bridgehead atoms. The summed E-state index contributed by atoms with van der Waals surface area (Å²) in [5.74, 6) is 0.0197. The molecule has 3 aromatic rings. The number of rotatable bonds is 10. The zero-order valence-corrected chi connectivity index (χ0v) is 17.2. The Labute approximate surface area is 179 Å². The van der Waals surface area contributed by atoms with Crippen LogP contribution in [0, 0.1) is 5.82 Å². The molecule has 2 aromatic carbocycles. The predicted molar refractivity (Wildman–Crippen MR) is 115 cm³/mol. The predicted octanol–water partition coefficient (Wildman–Crippen LogP) is 4.06. The Bertz CT molecular complexity index is 931. The van der Waals surface area contributed by atoms with Gasteiger partial charge in [0.05, 0.1) is 6.26 Å². The molecule has 1 unspecified atom stereocenters. The van der Waals surface area contributed by atoms with Gasteiger partial charge in [-0.25, -0.2) is 4.39 Å². The number of benzene rings is 2. The average Bonchev–Trinajstić information content (AvgIpc) is 3.30. The van der Waals surface area contributed by atoms with E-state index < -0.39 is 11.9 Å². The lowest BCUT2D eigenvalue weighted by Crippen LogP contribution is -2.48. The van der Waals surface area contributed by atoms with Gasteiger partial charge in [0, 0.05) is 17.9 Å². The van der Waals surface area contributed by atoms with Crippen molar-refractivity contribution in [3.63, 3.8) is 0 Å². The van der Waals surface area contributed by atoms with Crippen LogP contribution in [0.15, 0.2) is 82.3 Å². The molecule has 30 heavy (non-hydrogen) atoms. The first-order valence-electron chi connectivity index (χ1n) is 9.66. The lowest BCUT2D eigenvalue weighted by Gasteiger charge is -2.18. The summed E-state index contributed by atoms with van der Waals surface area (Å²) in [6.07, 6.45) is 2.54. The molecule has 3 rings (SSSR count). The molecule has 0 fully saturated rings. The molecule has 0 radical (unpaired) electrons. The maximum absolute atomic E-state index is 12.9. The van der Waals surface area contributed by atoms with Crippen molar-refractivity contribution >= 4 is 23.6 Å². The minimum Gasteiger partial charge on any atom is -0.459 e. The van der Waals surface area contributed by atoms with E-state index in [0.29, 0.717) is 13.0 Å². The zero-order chi connectivity index (χ0) is 21.2. The summed E-state index contributed by atoms with van der Waals surface area (Å²) in [6.45, 7) is 0.481. The van der Waals surface area contributed by atoms with E-state index in [1.807, 2.05) is 30.3 Å². The van der Waals surface area contributed by atoms with Gasteiger partial charge < -0.3 is 15.1 Å². The van der Waals surface area contributed by atoms with Crippen LogP contribution in [0.4, 0.5) is 4.39 Å². The quantitative estimate of drug-likeness (QED) is 0.379. The van der Waals surface area contributed by atoms with Crippen molar-refractivity contribution in [3.05, 3.63) is 90.1 Å². The van der Waals surface area contributed by atoms with Crippen molar-refractivity contribution in [2.75, 3.05) is 12.3 Å². The molecule has 0 aliphatic heterocycles. The largest absolute Gasteiger partial charge is 0.459 e. The summed E-state index contributed by atoms with van der Waals surface area (Å²) in [5, 5.41) is 5.65. The van der Waals surface area contributed by atoms with Crippen LogP contribution in [-0.2, 0) is 11.2 Å². The molecule has 156 valence electrons. The standard InChI is InChI=1S/C23H23FN2O3S/c24-18-9-11-19(12-10-18)30-15-5-13-25-22(27)20(16-17-6-2-1-3-7-17)26-23(28)21-8-4-14-29-21/h1-4,6-12,14,20H,5,13,15-16H2,(H,25,27)(H,26,28). The molecule has 5 nitrogen and oxygen atoms in total. The summed E-state index contributed by atoms with van der Waals surface area (Å²) >= 11 is 1.60. The van der Waals surface area contributed by atoms with Crippen molar-refractivity contribution in [2.45, 2.75) is 23.8 Å². The fourth-order valence-electron chi connectivity index (χ4n) is 2.82. The molecule has 0 saturated carbocycles. The van der Waals surface area contributed by atoms with Crippen LogP contribution in [0.1, 0.15) is 22.5 Å². The topological polar surface area (TPSA) is 71.3 Å². The van der Waals surface area contributed by atoms with E-state index >= 15 is 0 Å². The van der Waals surface area contributed by atoms with Crippen LogP contribution in [0.3, 0.4) is 0 Å². The first-order valence-corrected chi connectivity index (χ1v) is 10.6. The van der Waals surface area contributed by atoms with Gasteiger partial charge in [0.1, 0.15) is 11.9 Å². The van der Waals surface area contributed by atoms with E-state index in [-0.39, 0.29) is 17.5 Å². The minimum atomic E-state index is -0.713. The van der Waals surface area contributed by atoms with Crippen LogP contribution in [0.25, 0.3) is 0 Å². The lowest BCUT2D eigenvalue weighted by molar-refractivity contribution is -0.122. The summed E-state index contributed by atoms with van der Waals surface area (Å²) in [5.41, 5.74) is 0.948. The molecule has 0 aliphatic carbocycles. The van der Waals surface area contributed by atoms with Gasteiger partial charge in [-0.1, -0.05) is 30.3 Å². The van der Waals surface area contributed by atoms with Crippen LogP contribution in [0.2, 0.25) is 0 Å². The van der Waals surface area contributed by atoms with E-state index in [2.05, 4.69) is 10.6 Å². The number of carbonyl (C=O) groups is 2. The summed E-state index contributed by atoms with van der Waals surface area (Å²) in [6, 6.07) is 18.3. The highest BCUT2D eigenvalue weighted by molar-refractivity contribution is 7.99. The lowest BCUT2D eigenvalue weighted by atomic mass is 10.0. The number of halogens is 1. The van der Waals surface area contributed by atoms with Gasteiger partial charge in [-0.2, -0.15) is 0 Å². The van der Waals surface area contributed by atoms with E-state index in [9.17, 15) is 14.0 Å². The van der Waals surface area contributed by atoms with Gasteiger partial charge in [0.25, 0.3) is 5.91 Å². The van der Waals surface area contributed by atoms with E-state index in [1.165, 1.54) is 18.4 Å². The molecule has 1 heterocycles. The highest BCUT2D eigenvalue weighted by Crippen LogP contribution is 2.18. The number of furan rings is 1. The van der Waals surface area contributed by atoms with Crippen LogP contribution in [0.5, 0.6) is 0 Å². The maximum Gasteiger partial charge on any atom is 0.287 e. The molecule has 0 aliphatic rings. The summed E-state index contributed by atoms with van der Waals surface area (Å²) in [4.78, 5) is 26.1. The summed E-state index contributed by atoms with van der Waals surface area (Å²) < 4.78 is 18.1. The molecule has 2 amide bonds. The Morgan fingerprint density at radius 2 is 1.77 bits per heavy atom. The van der Waals surface area contributed by atoms with Crippen molar-refractivity contribution in [1.82, 2.24) is 10.6 Å². The Morgan fingerprint density at radius 1 is 1.00 bits per heavy atom. The number of carbonyl (C=O) groups excluding carboxylic acids is 2. The molecule has 0 spiro atoms. The zero-order valence-electron chi connectivity index (χ0n) is 16.3. The second kappa shape index (κ2) is 11.2. The summed E-state index contributed by atoms with van der Waals surface area (Å²) in [7, 11) is 0. The van der Waals surface area contributed by atoms with Crippen molar-refractivity contribution < 1.29 is 18.4 Å². The van der Waals surface area contributed by atoms with Crippen LogP contribution < -0.4 is 10.6 Å². The minimum absolute atomic E-state index is 0.163. The molecule has 2 N–H and O–H groups in total. The van der Waals surface area contributed by atoms with Gasteiger partial charge in [-0.15, -0.1) is 11.8 Å². The number of thioether (sulfide) groups is 1. The third kappa shape index (κ3) is 6.77. The Balaban J connectivity index is 1.50. The molecule has 1 aromatic heterocycles. The number of amides is 2. The molecular weight excluding hydrogens is 403 g/mol. The second-order valence-corrected chi connectivity index (χ2v) is 7.81. The fraction of sp³-hybridized carbons (Fsp3) is 0.217. The second-order valence-electron chi connectivity index (χ2n) is 6.64. The van der Waals surface area contributed by atoms with Crippen molar-refractivity contribution in [2.24, 2.45) is 0 Å². The van der Waals surface area contributed by atoms with Gasteiger partial charge in [-0.05, 0) is 54.1 Å². The van der Waals surface area contributed by atoms with Crippen molar-refractivity contribution in [1.29, 1.82) is 0 Å².